The second kappa shape index (κ2) is 8.58. The molecular formula is C18H26F2N2O3. The molecule has 140 valence electrons. The second-order valence-corrected chi connectivity index (χ2v) is 6.60. The van der Waals surface area contributed by atoms with Crippen molar-refractivity contribution in [2.75, 3.05) is 26.8 Å². The lowest BCUT2D eigenvalue weighted by Crippen LogP contribution is -2.50. The van der Waals surface area contributed by atoms with Crippen molar-refractivity contribution in [3.05, 3.63) is 35.4 Å². The van der Waals surface area contributed by atoms with Gasteiger partial charge in [-0.25, -0.2) is 13.6 Å². The number of nitrogens with two attached hydrogens (primary N) is 1. The first kappa shape index (κ1) is 19.6. The first-order chi connectivity index (χ1) is 11.9. The third-order valence-electron chi connectivity index (χ3n) is 4.98. The van der Waals surface area contributed by atoms with Crippen molar-refractivity contribution in [3.8, 4) is 0 Å². The molecule has 1 fully saturated rings. The standard InChI is InChI=1S/C18H26F2N2O3/c1-25-11-3-2-9-18(24,14-7-4-8-15(19)16(14)20)13-6-5-10-22(12-13)17(21)23/h4,7-8,13,24H,2-3,5-6,9-12H2,1H3,(H2,21,23)/t13?,18-/m0/s1. The topological polar surface area (TPSA) is 75.8 Å². The number of hydrogen-bond acceptors (Lipinski definition) is 3. The fourth-order valence-corrected chi connectivity index (χ4v) is 3.60. The van der Waals surface area contributed by atoms with Crippen LogP contribution in [0.25, 0.3) is 0 Å². The molecule has 0 spiro atoms. The van der Waals surface area contributed by atoms with Gasteiger partial charge in [-0.05, 0) is 38.2 Å². The Kier molecular flexibility index (Phi) is 6.72. The van der Waals surface area contributed by atoms with Crippen LogP contribution in [-0.2, 0) is 10.3 Å². The number of amides is 2. The number of unbranched alkanes of at least 4 members (excludes halogenated alkanes) is 1. The first-order valence-corrected chi connectivity index (χ1v) is 8.60. The molecule has 0 radical (unpaired) electrons. The summed E-state index contributed by atoms with van der Waals surface area (Å²) in [7, 11) is 1.59. The second-order valence-electron chi connectivity index (χ2n) is 6.60. The maximum absolute atomic E-state index is 14.4. The molecule has 1 heterocycles. The van der Waals surface area contributed by atoms with Crippen molar-refractivity contribution in [1.29, 1.82) is 0 Å². The van der Waals surface area contributed by atoms with E-state index in [4.69, 9.17) is 10.5 Å². The fourth-order valence-electron chi connectivity index (χ4n) is 3.60. The summed E-state index contributed by atoms with van der Waals surface area (Å²) >= 11 is 0. The van der Waals surface area contributed by atoms with Crippen molar-refractivity contribution >= 4 is 6.03 Å². The Balaban J connectivity index is 2.31. The van der Waals surface area contributed by atoms with Crippen LogP contribution in [0.5, 0.6) is 0 Å². The highest BCUT2D eigenvalue weighted by Gasteiger charge is 2.42. The zero-order chi connectivity index (χ0) is 18.4. The van der Waals surface area contributed by atoms with E-state index >= 15 is 0 Å². The highest BCUT2D eigenvalue weighted by molar-refractivity contribution is 5.72. The van der Waals surface area contributed by atoms with E-state index in [9.17, 15) is 18.7 Å². The number of halogens is 2. The van der Waals surface area contributed by atoms with Gasteiger partial charge in [0.15, 0.2) is 11.6 Å². The number of rotatable bonds is 7. The number of piperidine rings is 1. The fraction of sp³-hybridized carbons (Fsp3) is 0.611. The molecule has 0 bridgehead atoms. The first-order valence-electron chi connectivity index (χ1n) is 8.60. The number of nitrogens with zero attached hydrogens (tertiary/aromatic N) is 1. The molecule has 2 rings (SSSR count). The van der Waals surface area contributed by atoms with Gasteiger partial charge in [0.1, 0.15) is 0 Å². The highest BCUT2D eigenvalue weighted by Crippen LogP contribution is 2.41. The highest BCUT2D eigenvalue weighted by atomic mass is 19.2. The van der Waals surface area contributed by atoms with Crippen molar-refractivity contribution in [1.82, 2.24) is 4.90 Å². The number of benzene rings is 1. The van der Waals surface area contributed by atoms with E-state index in [-0.39, 0.29) is 18.5 Å². The third-order valence-corrected chi connectivity index (χ3v) is 4.98. The largest absolute Gasteiger partial charge is 0.385 e. The van der Waals surface area contributed by atoms with E-state index in [0.717, 1.165) is 6.07 Å². The van der Waals surface area contributed by atoms with E-state index in [0.29, 0.717) is 38.8 Å². The summed E-state index contributed by atoms with van der Waals surface area (Å²) in [6.45, 7) is 1.27. The van der Waals surface area contributed by atoms with Crippen LogP contribution in [0.4, 0.5) is 13.6 Å². The van der Waals surface area contributed by atoms with Crippen molar-refractivity contribution < 1.29 is 23.4 Å². The molecule has 2 amide bonds. The number of urea groups is 1. The average Bonchev–Trinajstić information content (AvgIpc) is 2.61. The minimum atomic E-state index is -1.56. The number of methoxy groups -OCH3 is 1. The van der Waals surface area contributed by atoms with Gasteiger partial charge in [-0.3, -0.25) is 0 Å². The molecule has 1 saturated heterocycles. The molecule has 0 aliphatic carbocycles. The van der Waals surface area contributed by atoms with E-state index < -0.39 is 29.2 Å². The molecule has 5 nitrogen and oxygen atoms in total. The summed E-state index contributed by atoms with van der Waals surface area (Å²) in [4.78, 5) is 12.9. The number of carbonyl (C=O) groups is 1. The van der Waals surface area contributed by atoms with Crippen molar-refractivity contribution in [2.45, 2.75) is 37.7 Å². The van der Waals surface area contributed by atoms with Gasteiger partial charge in [0.05, 0.1) is 5.60 Å². The Morgan fingerprint density at radius 3 is 2.88 bits per heavy atom. The quantitative estimate of drug-likeness (QED) is 0.738. The van der Waals surface area contributed by atoms with Crippen LogP contribution in [0.1, 0.15) is 37.7 Å². The molecule has 3 N–H and O–H groups in total. The van der Waals surface area contributed by atoms with Gasteiger partial charge in [0.2, 0.25) is 0 Å². The summed E-state index contributed by atoms with van der Waals surface area (Å²) in [6, 6.07) is 3.27. The number of hydrogen-bond donors (Lipinski definition) is 2. The van der Waals surface area contributed by atoms with Gasteiger partial charge < -0.3 is 20.5 Å². The molecule has 0 saturated carbocycles. The maximum Gasteiger partial charge on any atom is 0.314 e. The molecule has 0 aromatic heterocycles. The van der Waals surface area contributed by atoms with Gasteiger partial charge >= 0.3 is 6.03 Å². The van der Waals surface area contributed by atoms with Crippen LogP contribution in [-0.4, -0.2) is 42.8 Å². The average molecular weight is 356 g/mol. The van der Waals surface area contributed by atoms with Crippen LogP contribution in [0, 0.1) is 17.6 Å². The number of primary amides is 1. The smallest absolute Gasteiger partial charge is 0.314 e. The van der Waals surface area contributed by atoms with Crippen LogP contribution in [0.3, 0.4) is 0 Å². The monoisotopic (exact) mass is 356 g/mol. The Morgan fingerprint density at radius 1 is 1.44 bits per heavy atom. The lowest BCUT2D eigenvalue weighted by molar-refractivity contribution is -0.0587. The van der Waals surface area contributed by atoms with Crippen molar-refractivity contribution in [2.24, 2.45) is 11.7 Å². The third kappa shape index (κ3) is 4.46. The zero-order valence-electron chi connectivity index (χ0n) is 14.5. The summed E-state index contributed by atoms with van der Waals surface area (Å²) in [6.07, 6.45) is 2.81. The predicted octanol–water partition coefficient (Wildman–Crippen LogP) is 2.76. The summed E-state index contributed by atoms with van der Waals surface area (Å²) in [5, 5.41) is 11.4. The van der Waals surface area contributed by atoms with Crippen LogP contribution in [0.2, 0.25) is 0 Å². The van der Waals surface area contributed by atoms with Gasteiger partial charge in [-0.2, -0.15) is 0 Å². The lowest BCUT2D eigenvalue weighted by atomic mass is 9.74. The Hall–Kier alpha value is -1.73. The molecule has 1 unspecified atom stereocenters. The van der Waals surface area contributed by atoms with Crippen LogP contribution < -0.4 is 5.73 Å². The van der Waals surface area contributed by atoms with Crippen molar-refractivity contribution in [3.63, 3.8) is 0 Å². The Morgan fingerprint density at radius 2 is 2.20 bits per heavy atom. The summed E-state index contributed by atoms with van der Waals surface area (Å²) < 4.78 is 33.2. The van der Waals surface area contributed by atoms with E-state index in [2.05, 4.69) is 0 Å². The molecule has 1 aliphatic rings. The Labute approximate surface area is 146 Å². The van der Waals surface area contributed by atoms with E-state index in [1.807, 2.05) is 0 Å². The minimum absolute atomic E-state index is 0.0544. The van der Waals surface area contributed by atoms with E-state index in [1.165, 1.54) is 17.0 Å². The normalized spacial score (nSPS) is 20.3. The van der Waals surface area contributed by atoms with E-state index in [1.54, 1.807) is 7.11 Å². The van der Waals surface area contributed by atoms with Crippen LogP contribution in [0.15, 0.2) is 18.2 Å². The molecule has 1 aromatic rings. The number of carbonyl (C=O) groups excluding carboxylic acids is 1. The minimum Gasteiger partial charge on any atom is -0.385 e. The molecular weight excluding hydrogens is 330 g/mol. The Bertz CT molecular complexity index is 600. The SMILES string of the molecule is COCCCC[C@@](O)(c1cccc(F)c1F)C1CCCN(C(N)=O)C1. The lowest BCUT2D eigenvalue weighted by Gasteiger charge is -2.42. The van der Waals surface area contributed by atoms with Gasteiger partial charge in [-0.15, -0.1) is 0 Å². The summed E-state index contributed by atoms with van der Waals surface area (Å²) in [5.41, 5.74) is 3.74. The van der Waals surface area contributed by atoms with Gasteiger partial charge in [0, 0.05) is 38.3 Å². The molecule has 25 heavy (non-hydrogen) atoms. The maximum atomic E-state index is 14.4. The number of ether oxygens (including phenoxy) is 1. The molecule has 2 atom stereocenters. The van der Waals surface area contributed by atoms with Gasteiger partial charge in [0.25, 0.3) is 0 Å². The number of likely N-dealkylation sites (tertiary alicyclic amines) is 1. The molecule has 1 aliphatic heterocycles. The summed E-state index contributed by atoms with van der Waals surface area (Å²) in [5.74, 6) is -2.43. The number of aliphatic hydroxyl groups is 1. The van der Waals surface area contributed by atoms with Gasteiger partial charge in [-0.1, -0.05) is 12.1 Å². The molecule has 7 heteroatoms. The predicted molar refractivity (Wildman–Crippen MR) is 89.9 cm³/mol. The van der Waals surface area contributed by atoms with Crippen LogP contribution >= 0.6 is 0 Å². The molecule has 1 aromatic carbocycles. The zero-order valence-corrected chi connectivity index (χ0v) is 14.5.